The van der Waals surface area contributed by atoms with Gasteiger partial charge in [0.15, 0.2) is 11.5 Å². The Morgan fingerprint density at radius 3 is 2.68 bits per heavy atom. The number of primary amides is 1. The number of nitrogens with zero attached hydrogens (tertiary/aromatic N) is 3. The molecule has 28 heavy (non-hydrogen) atoms. The molecule has 5 rings (SSSR count). The van der Waals surface area contributed by atoms with Crippen LogP contribution in [0.15, 0.2) is 16.3 Å². The lowest BCUT2D eigenvalue weighted by molar-refractivity contribution is -0.145. The molecule has 0 bridgehead atoms. The fraction of sp³-hybridized carbons (Fsp3) is 0.684. The number of ketones is 2. The van der Waals surface area contributed by atoms with E-state index < -0.39 is 23.7 Å². The van der Waals surface area contributed by atoms with E-state index in [0.29, 0.717) is 23.5 Å². The molecule has 5 aliphatic rings. The summed E-state index contributed by atoms with van der Waals surface area (Å²) < 4.78 is 11.1. The first-order chi connectivity index (χ1) is 13.3. The van der Waals surface area contributed by atoms with Gasteiger partial charge in [-0.3, -0.25) is 19.5 Å². The molecular formula is C19H24N4O5. The Hall–Kier alpha value is -2.26. The number of aliphatic imine (C=N–C) groups is 1. The number of rotatable bonds is 4. The van der Waals surface area contributed by atoms with E-state index in [1.165, 1.54) is 0 Å². The van der Waals surface area contributed by atoms with E-state index in [0.717, 1.165) is 12.8 Å². The molecule has 150 valence electrons. The number of allylic oxidation sites excluding steroid dienone is 1. The molecule has 3 fully saturated rings. The molecule has 0 aromatic carbocycles. The molecule has 6 unspecified atom stereocenters. The second kappa shape index (κ2) is 5.64. The van der Waals surface area contributed by atoms with Crippen LogP contribution < -0.4 is 5.73 Å². The van der Waals surface area contributed by atoms with E-state index in [2.05, 4.69) is 9.89 Å². The van der Waals surface area contributed by atoms with Crippen molar-refractivity contribution in [2.24, 2.45) is 22.6 Å². The highest BCUT2D eigenvalue weighted by Gasteiger charge is 2.75. The Bertz CT molecular complexity index is 862. The Morgan fingerprint density at radius 2 is 2.07 bits per heavy atom. The Morgan fingerprint density at radius 1 is 1.36 bits per heavy atom. The van der Waals surface area contributed by atoms with Crippen molar-refractivity contribution in [3.63, 3.8) is 0 Å². The minimum absolute atomic E-state index is 0.0179. The largest absolute Gasteiger partial charge is 0.449 e. The topological polar surface area (TPSA) is 114 Å². The molecule has 1 amide bonds. The minimum atomic E-state index is -0.917. The number of ether oxygens (including phenoxy) is 2. The van der Waals surface area contributed by atoms with Crippen molar-refractivity contribution in [2.45, 2.75) is 43.6 Å². The van der Waals surface area contributed by atoms with E-state index in [9.17, 15) is 14.4 Å². The van der Waals surface area contributed by atoms with E-state index in [1.54, 1.807) is 14.0 Å². The van der Waals surface area contributed by atoms with Crippen LogP contribution in [0.4, 0.5) is 4.79 Å². The van der Waals surface area contributed by atoms with Crippen LogP contribution in [0.3, 0.4) is 0 Å². The number of methoxy groups -OCH3 is 1. The summed E-state index contributed by atoms with van der Waals surface area (Å²) in [6.45, 7) is 2.23. The predicted octanol–water partition coefficient (Wildman–Crippen LogP) is -0.302. The van der Waals surface area contributed by atoms with E-state index in [4.69, 9.17) is 15.2 Å². The lowest BCUT2D eigenvalue weighted by Gasteiger charge is -2.40. The molecule has 0 aromatic heterocycles. The van der Waals surface area contributed by atoms with Crippen molar-refractivity contribution in [3.05, 3.63) is 11.3 Å². The summed E-state index contributed by atoms with van der Waals surface area (Å²) in [5.41, 5.74) is 5.38. The van der Waals surface area contributed by atoms with Crippen molar-refractivity contribution >= 4 is 23.4 Å². The summed E-state index contributed by atoms with van der Waals surface area (Å²) in [4.78, 5) is 46.7. The van der Waals surface area contributed by atoms with Crippen LogP contribution >= 0.6 is 0 Å². The lowest BCUT2D eigenvalue weighted by atomic mass is 9.78. The van der Waals surface area contributed by atoms with Gasteiger partial charge in [0.25, 0.3) is 0 Å². The highest BCUT2D eigenvalue weighted by atomic mass is 16.6. The van der Waals surface area contributed by atoms with Crippen molar-refractivity contribution in [3.8, 4) is 0 Å². The molecule has 9 heteroatoms. The molecule has 0 radical (unpaired) electrons. The zero-order valence-electron chi connectivity index (χ0n) is 16.2. The number of hydrogen-bond acceptors (Lipinski definition) is 8. The smallest absolute Gasteiger partial charge is 0.404 e. The number of fused-ring (bicyclic) bond motifs is 4. The summed E-state index contributed by atoms with van der Waals surface area (Å²) in [5, 5.41) is 0. The van der Waals surface area contributed by atoms with Crippen LogP contribution in [0.1, 0.15) is 19.8 Å². The van der Waals surface area contributed by atoms with Gasteiger partial charge in [0.1, 0.15) is 6.61 Å². The molecule has 6 atom stereocenters. The van der Waals surface area contributed by atoms with Crippen LogP contribution in [0.25, 0.3) is 0 Å². The highest BCUT2D eigenvalue weighted by molar-refractivity contribution is 6.53. The van der Waals surface area contributed by atoms with Crippen molar-refractivity contribution in [1.82, 2.24) is 9.80 Å². The second-order valence-electron chi connectivity index (χ2n) is 8.35. The molecule has 3 aliphatic heterocycles. The maximum Gasteiger partial charge on any atom is 0.404 e. The van der Waals surface area contributed by atoms with Crippen LogP contribution in [0.5, 0.6) is 0 Å². The van der Waals surface area contributed by atoms with Gasteiger partial charge < -0.3 is 20.1 Å². The number of piperazine rings is 1. The predicted molar refractivity (Wildman–Crippen MR) is 97.5 cm³/mol. The maximum absolute atomic E-state index is 13.5. The number of Topliss-reactive ketones (excluding diaryl/α,β-unsaturated/α-hetero) is 2. The Kier molecular flexibility index (Phi) is 3.59. The van der Waals surface area contributed by atoms with Crippen molar-refractivity contribution < 1.29 is 23.9 Å². The van der Waals surface area contributed by atoms with E-state index >= 15 is 0 Å². The van der Waals surface area contributed by atoms with Gasteiger partial charge in [-0.25, -0.2) is 4.79 Å². The molecule has 0 aromatic rings. The third kappa shape index (κ3) is 2.08. The Balaban J connectivity index is 1.63. The van der Waals surface area contributed by atoms with Crippen LogP contribution in [0.2, 0.25) is 0 Å². The van der Waals surface area contributed by atoms with Gasteiger partial charge >= 0.3 is 6.09 Å². The number of amides is 1. The average molecular weight is 388 g/mol. The van der Waals surface area contributed by atoms with Gasteiger partial charge in [0.2, 0.25) is 5.78 Å². The summed E-state index contributed by atoms with van der Waals surface area (Å²) in [7, 11) is 3.57. The number of hydrogen-bond donors (Lipinski definition) is 1. The van der Waals surface area contributed by atoms with Gasteiger partial charge in [0, 0.05) is 25.3 Å². The first kappa shape index (κ1) is 17.8. The van der Waals surface area contributed by atoms with Gasteiger partial charge in [-0.2, -0.15) is 0 Å². The van der Waals surface area contributed by atoms with Gasteiger partial charge in [0.05, 0.1) is 35.3 Å². The molecule has 9 nitrogen and oxygen atoms in total. The molecule has 2 N–H and O–H groups in total. The Labute approximate surface area is 162 Å². The maximum atomic E-state index is 13.5. The molecular weight excluding hydrogens is 364 g/mol. The third-order valence-corrected chi connectivity index (χ3v) is 6.93. The summed E-state index contributed by atoms with van der Waals surface area (Å²) in [6, 6.07) is 0.391. The summed E-state index contributed by atoms with van der Waals surface area (Å²) >= 11 is 0. The van der Waals surface area contributed by atoms with E-state index in [1.807, 2.05) is 11.9 Å². The normalized spacial score (nSPS) is 42.6. The molecule has 2 aliphatic carbocycles. The van der Waals surface area contributed by atoms with Crippen LogP contribution in [-0.2, 0) is 19.1 Å². The second-order valence-corrected chi connectivity index (χ2v) is 8.35. The number of carbonyl (C=O) groups is 3. The standard InChI is InChI=1S/C19H24N4O5/c1-8-13(21-9-4-5-9)16(25)12-10(7-28-18(20)26)19(27-3)17-11(22(17)2)6-23(19)14(12)15(8)24/h8-11,17H,4-7H2,1-3H3,(H2,20,26). The van der Waals surface area contributed by atoms with Crippen LogP contribution in [-0.4, -0.2) is 84.3 Å². The minimum Gasteiger partial charge on any atom is -0.449 e. The molecule has 1 saturated carbocycles. The highest BCUT2D eigenvalue weighted by Crippen LogP contribution is 2.59. The zero-order valence-corrected chi connectivity index (χ0v) is 16.2. The van der Waals surface area contributed by atoms with Crippen LogP contribution in [0, 0.1) is 11.8 Å². The molecule has 3 heterocycles. The van der Waals surface area contributed by atoms with Gasteiger partial charge in [-0.15, -0.1) is 0 Å². The SMILES string of the molecule is COC12C(COC(N)=O)C3=C(C(=O)C(C)C(=NC4CC4)C3=O)N1CC1C2N1C. The van der Waals surface area contributed by atoms with Gasteiger partial charge in [-0.05, 0) is 26.8 Å². The van der Waals surface area contributed by atoms with E-state index in [-0.39, 0.29) is 36.3 Å². The average Bonchev–Trinajstić information content (AvgIpc) is 3.52. The monoisotopic (exact) mass is 388 g/mol. The first-order valence-electron chi connectivity index (χ1n) is 9.70. The fourth-order valence-corrected chi connectivity index (χ4v) is 5.37. The third-order valence-electron chi connectivity index (χ3n) is 6.93. The number of nitrogens with two attached hydrogens (primary N) is 1. The van der Waals surface area contributed by atoms with Gasteiger partial charge in [-0.1, -0.05) is 0 Å². The molecule has 0 spiro atoms. The quantitative estimate of drug-likeness (QED) is 0.658. The zero-order chi connectivity index (χ0) is 20.0. The summed E-state index contributed by atoms with van der Waals surface area (Å²) in [5.74, 6) is -1.50. The number of likely N-dealkylation sites (N-methyl/N-ethyl adjacent to an activating group) is 1. The van der Waals surface area contributed by atoms with Crippen molar-refractivity contribution in [2.75, 3.05) is 27.3 Å². The van der Waals surface area contributed by atoms with Crippen molar-refractivity contribution in [1.29, 1.82) is 0 Å². The summed E-state index contributed by atoms with van der Waals surface area (Å²) in [6.07, 6.45) is 0.974. The lowest BCUT2D eigenvalue weighted by Crippen LogP contribution is -2.55. The first-order valence-corrected chi connectivity index (χ1v) is 9.70. The number of carbonyl (C=O) groups excluding carboxylic acids is 3. The molecule has 2 saturated heterocycles. The fourth-order valence-electron chi connectivity index (χ4n) is 5.37.